The molecule has 0 aliphatic heterocycles. The predicted octanol–water partition coefficient (Wildman–Crippen LogP) is 5.65. The van der Waals surface area contributed by atoms with Crippen LogP contribution in [0.3, 0.4) is 0 Å². The van der Waals surface area contributed by atoms with Gasteiger partial charge < -0.3 is 10.1 Å². The van der Waals surface area contributed by atoms with E-state index in [0.29, 0.717) is 6.20 Å². The summed E-state index contributed by atoms with van der Waals surface area (Å²) >= 11 is 0. The van der Waals surface area contributed by atoms with E-state index in [9.17, 15) is 31.1 Å². The van der Waals surface area contributed by atoms with Crippen LogP contribution in [0, 0.1) is 17.7 Å². The Kier molecular flexibility index (Phi) is 7.60. The van der Waals surface area contributed by atoms with Gasteiger partial charge in [-0.2, -0.15) is 4.39 Å². The lowest BCUT2D eigenvalue weighted by Gasteiger charge is -2.36. The zero-order chi connectivity index (χ0) is 26.7. The van der Waals surface area contributed by atoms with Gasteiger partial charge in [0.2, 0.25) is 18.3 Å². The molecule has 196 valence electrons. The van der Waals surface area contributed by atoms with E-state index in [1.165, 1.54) is 6.07 Å². The molecule has 1 aliphatic rings. The number of amides is 1. The lowest BCUT2D eigenvalue weighted by atomic mass is 9.75. The Balaban J connectivity index is 1.81. The highest BCUT2D eigenvalue weighted by Crippen LogP contribution is 2.49. The second-order valence-electron chi connectivity index (χ2n) is 8.45. The standard InChI is InChI=1S/C24H21F6N5O2/c1-2-37-23-33-9-12(10-34-23)22(36)35-20-14(15-7-18(26)32-11-17(15)25)4-6-31-19(20)13-3-5-24(29,30)8-16(13)21(27)28/h4,6-7,9-11,13,16,21H,2-3,5,8H2,1H3,(H,35,36). The average Bonchev–Trinajstić information content (AvgIpc) is 2.86. The maximum Gasteiger partial charge on any atom is 0.316 e. The van der Waals surface area contributed by atoms with E-state index in [4.69, 9.17) is 4.74 Å². The number of alkyl halides is 4. The smallest absolute Gasteiger partial charge is 0.316 e. The SMILES string of the molecule is CCOc1ncc(C(=O)Nc2c(-c3cc(F)ncc3F)ccnc2C2CCC(F)(F)CC2C(F)F)cn1. The van der Waals surface area contributed by atoms with Gasteiger partial charge in [0, 0.05) is 60.5 Å². The van der Waals surface area contributed by atoms with Gasteiger partial charge in [0.1, 0.15) is 5.82 Å². The lowest BCUT2D eigenvalue weighted by molar-refractivity contribution is -0.0912. The molecule has 0 spiro atoms. The molecular weight excluding hydrogens is 504 g/mol. The highest BCUT2D eigenvalue weighted by Gasteiger charge is 2.47. The summed E-state index contributed by atoms with van der Waals surface area (Å²) < 4.78 is 89.6. The molecule has 1 N–H and O–H groups in total. The van der Waals surface area contributed by atoms with Crippen molar-refractivity contribution in [3.8, 4) is 17.1 Å². The third kappa shape index (κ3) is 5.81. The molecule has 37 heavy (non-hydrogen) atoms. The maximum absolute atomic E-state index is 14.7. The summed E-state index contributed by atoms with van der Waals surface area (Å²) in [6.45, 7) is 2.00. The first-order valence-electron chi connectivity index (χ1n) is 11.3. The minimum absolute atomic E-state index is 0.0130. The second-order valence-corrected chi connectivity index (χ2v) is 8.45. The molecule has 1 saturated carbocycles. The zero-order valence-corrected chi connectivity index (χ0v) is 19.4. The monoisotopic (exact) mass is 525 g/mol. The van der Waals surface area contributed by atoms with Gasteiger partial charge in [-0.15, -0.1) is 0 Å². The Morgan fingerprint density at radius 2 is 1.86 bits per heavy atom. The van der Waals surface area contributed by atoms with Crippen LogP contribution in [0.4, 0.5) is 32.0 Å². The van der Waals surface area contributed by atoms with Gasteiger partial charge in [-0.05, 0) is 19.4 Å². The third-order valence-electron chi connectivity index (χ3n) is 6.04. The molecule has 7 nitrogen and oxygen atoms in total. The Hall–Kier alpha value is -3.77. The van der Waals surface area contributed by atoms with Crippen molar-refractivity contribution in [3.05, 3.63) is 59.9 Å². The second kappa shape index (κ2) is 10.7. The number of ether oxygens (including phenoxy) is 1. The number of anilines is 1. The minimum atomic E-state index is -3.29. The van der Waals surface area contributed by atoms with Gasteiger partial charge in [-0.3, -0.25) is 9.78 Å². The first-order valence-corrected chi connectivity index (χ1v) is 11.3. The molecule has 0 saturated heterocycles. The molecule has 3 aromatic heterocycles. The molecule has 3 heterocycles. The summed E-state index contributed by atoms with van der Waals surface area (Å²) in [5, 5.41) is 2.51. The number of hydrogen-bond acceptors (Lipinski definition) is 6. The third-order valence-corrected chi connectivity index (χ3v) is 6.04. The zero-order valence-electron chi connectivity index (χ0n) is 19.4. The van der Waals surface area contributed by atoms with E-state index in [-0.39, 0.29) is 47.1 Å². The summed E-state index contributed by atoms with van der Waals surface area (Å²) in [4.78, 5) is 28.2. The van der Waals surface area contributed by atoms with Crippen molar-refractivity contribution in [2.45, 2.75) is 44.5 Å². The first-order chi connectivity index (χ1) is 17.6. The summed E-state index contributed by atoms with van der Waals surface area (Å²) in [6.07, 6.45) is -1.14. The number of rotatable bonds is 7. The van der Waals surface area contributed by atoms with Crippen LogP contribution in [0.1, 0.15) is 48.2 Å². The van der Waals surface area contributed by atoms with Crippen LogP contribution in [0.5, 0.6) is 6.01 Å². The molecular formula is C24H21F6N5O2. The Morgan fingerprint density at radius 1 is 1.14 bits per heavy atom. The van der Waals surface area contributed by atoms with E-state index < -0.39 is 54.7 Å². The summed E-state index contributed by atoms with van der Waals surface area (Å²) in [5.41, 5.74) is -0.841. The predicted molar refractivity (Wildman–Crippen MR) is 120 cm³/mol. The molecule has 1 amide bonds. The van der Waals surface area contributed by atoms with Crippen molar-refractivity contribution in [3.63, 3.8) is 0 Å². The van der Waals surface area contributed by atoms with Crippen LogP contribution in [-0.4, -0.2) is 44.8 Å². The molecule has 0 radical (unpaired) electrons. The first kappa shape index (κ1) is 26.3. The molecule has 1 aliphatic carbocycles. The van der Waals surface area contributed by atoms with E-state index in [1.54, 1.807) is 6.92 Å². The average molecular weight is 525 g/mol. The van der Waals surface area contributed by atoms with Crippen molar-refractivity contribution >= 4 is 11.6 Å². The van der Waals surface area contributed by atoms with E-state index in [0.717, 1.165) is 24.7 Å². The van der Waals surface area contributed by atoms with Crippen molar-refractivity contribution in [1.29, 1.82) is 0 Å². The van der Waals surface area contributed by atoms with Gasteiger partial charge in [-0.1, -0.05) is 0 Å². The van der Waals surface area contributed by atoms with Crippen LogP contribution >= 0.6 is 0 Å². The molecule has 0 aromatic carbocycles. The Morgan fingerprint density at radius 3 is 2.54 bits per heavy atom. The van der Waals surface area contributed by atoms with Crippen molar-refractivity contribution in [1.82, 2.24) is 19.9 Å². The fourth-order valence-corrected chi connectivity index (χ4v) is 4.33. The minimum Gasteiger partial charge on any atom is -0.464 e. The van der Waals surface area contributed by atoms with Crippen molar-refractivity contribution in [2.75, 3.05) is 11.9 Å². The molecule has 3 aromatic rings. The number of carbonyl (C=O) groups excluding carboxylic acids is 1. The van der Waals surface area contributed by atoms with E-state index >= 15 is 0 Å². The molecule has 2 unspecified atom stereocenters. The Bertz CT molecular complexity index is 1270. The molecule has 1 fully saturated rings. The van der Waals surface area contributed by atoms with Crippen LogP contribution < -0.4 is 10.1 Å². The number of nitrogens with zero attached hydrogens (tertiary/aromatic N) is 4. The number of carbonyl (C=O) groups is 1. The van der Waals surface area contributed by atoms with Gasteiger partial charge in [0.15, 0.2) is 0 Å². The molecule has 4 rings (SSSR count). The molecule has 2 atom stereocenters. The van der Waals surface area contributed by atoms with Crippen LogP contribution in [0.15, 0.2) is 36.9 Å². The highest BCUT2D eigenvalue weighted by atomic mass is 19.3. The highest BCUT2D eigenvalue weighted by molar-refractivity contribution is 6.06. The van der Waals surface area contributed by atoms with Crippen molar-refractivity contribution in [2.24, 2.45) is 5.92 Å². The summed E-state index contributed by atoms with van der Waals surface area (Å²) in [6, 6.07) is 2.03. The normalized spacial score (nSPS) is 19.0. The lowest BCUT2D eigenvalue weighted by Crippen LogP contribution is -2.36. The maximum atomic E-state index is 14.7. The van der Waals surface area contributed by atoms with Gasteiger partial charge in [0.05, 0.1) is 29.7 Å². The fourth-order valence-electron chi connectivity index (χ4n) is 4.33. The number of halogens is 6. The number of aromatic nitrogens is 4. The van der Waals surface area contributed by atoms with E-state index in [1.807, 2.05) is 0 Å². The largest absolute Gasteiger partial charge is 0.464 e. The fraction of sp³-hybridized carbons (Fsp3) is 0.375. The van der Waals surface area contributed by atoms with Crippen LogP contribution in [0.2, 0.25) is 0 Å². The van der Waals surface area contributed by atoms with Gasteiger partial charge in [0.25, 0.3) is 5.91 Å². The molecule has 13 heteroatoms. The number of pyridine rings is 2. The van der Waals surface area contributed by atoms with Crippen LogP contribution in [-0.2, 0) is 0 Å². The van der Waals surface area contributed by atoms with Crippen LogP contribution in [0.25, 0.3) is 11.1 Å². The van der Waals surface area contributed by atoms with Crippen molar-refractivity contribution < 1.29 is 35.9 Å². The Labute approximate surface area is 207 Å². The topological polar surface area (TPSA) is 89.9 Å². The quantitative estimate of drug-likeness (QED) is 0.317. The molecule has 0 bridgehead atoms. The van der Waals surface area contributed by atoms with E-state index in [2.05, 4.69) is 25.3 Å². The van der Waals surface area contributed by atoms with Gasteiger partial charge >= 0.3 is 6.01 Å². The number of nitrogens with one attached hydrogen (secondary N) is 1. The number of hydrogen-bond donors (Lipinski definition) is 1. The summed E-state index contributed by atoms with van der Waals surface area (Å²) in [7, 11) is 0. The summed E-state index contributed by atoms with van der Waals surface area (Å²) in [5.74, 6) is -9.08. The van der Waals surface area contributed by atoms with Gasteiger partial charge in [-0.25, -0.2) is 36.9 Å².